The molecule has 3 atom stereocenters. The molecule has 0 radical (unpaired) electrons. The standard InChI is InChI=1S/C26H34N2O3/c1-18(28-31-16-24-5-3-4-6-25(24)30-2)19-7-8-21-14-22(10-9-20(21)13-19)23-11-12-26(27,15-23)17-29/h3-6,9-10,14,19,23,29H,7-8,11-13,15-17,27H2,1-2H3/b28-18+/t19-,23+,26-/m1/s1. The molecule has 0 bridgehead atoms. The highest BCUT2D eigenvalue weighted by Gasteiger charge is 2.36. The Hall–Kier alpha value is -2.37. The van der Waals surface area contributed by atoms with E-state index in [9.17, 15) is 5.11 Å². The topological polar surface area (TPSA) is 77.1 Å². The van der Waals surface area contributed by atoms with Gasteiger partial charge in [0.15, 0.2) is 0 Å². The van der Waals surface area contributed by atoms with E-state index in [4.69, 9.17) is 15.3 Å². The van der Waals surface area contributed by atoms with Gasteiger partial charge in [-0.15, -0.1) is 0 Å². The van der Waals surface area contributed by atoms with Gasteiger partial charge < -0.3 is 20.4 Å². The first kappa shape index (κ1) is 21.8. The number of hydrogen-bond acceptors (Lipinski definition) is 5. The average molecular weight is 423 g/mol. The Balaban J connectivity index is 1.37. The van der Waals surface area contributed by atoms with Crippen LogP contribution in [0.1, 0.15) is 60.8 Å². The summed E-state index contributed by atoms with van der Waals surface area (Å²) in [6.45, 7) is 2.56. The minimum Gasteiger partial charge on any atom is -0.496 e. The van der Waals surface area contributed by atoms with Gasteiger partial charge in [0.2, 0.25) is 0 Å². The van der Waals surface area contributed by atoms with Crippen molar-refractivity contribution in [3.05, 3.63) is 64.7 Å². The van der Waals surface area contributed by atoms with E-state index in [-0.39, 0.29) is 6.61 Å². The van der Waals surface area contributed by atoms with Crippen LogP contribution < -0.4 is 10.5 Å². The first-order chi connectivity index (χ1) is 15.0. The van der Waals surface area contributed by atoms with E-state index in [0.29, 0.717) is 18.4 Å². The lowest BCUT2D eigenvalue weighted by molar-refractivity contribution is 0.126. The van der Waals surface area contributed by atoms with Crippen LogP contribution in [0.2, 0.25) is 0 Å². The van der Waals surface area contributed by atoms with Gasteiger partial charge in [0, 0.05) is 17.0 Å². The van der Waals surface area contributed by atoms with Gasteiger partial charge >= 0.3 is 0 Å². The fourth-order valence-corrected chi connectivity index (χ4v) is 5.07. The number of para-hydroxylation sites is 1. The van der Waals surface area contributed by atoms with Crippen LogP contribution in [-0.4, -0.2) is 30.1 Å². The van der Waals surface area contributed by atoms with Crippen LogP contribution in [0.3, 0.4) is 0 Å². The van der Waals surface area contributed by atoms with Crippen molar-refractivity contribution in [1.29, 1.82) is 0 Å². The van der Waals surface area contributed by atoms with E-state index in [1.165, 1.54) is 16.7 Å². The molecule has 2 aromatic rings. The molecule has 2 aromatic carbocycles. The molecule has 5 heteroatoms. The zero-order valence-corrected chi connectivity index (χ0v) is 18.6. The van der Waals surface area contributed by atoms with Crippen molar-refractivity contribution in [3.63, 3.8) is 0 Å². The first-order valence-corrected chi connectivity index (χ1v) is 11.3. The van der Waals surface area contributed by atoms with E-state index in [1.807, 2.05) is 24.3 Å². The zero-order valence-electron chi connectivity index (χ0n) is 18.6. The molecule has 31 heavy (non-hydrogen) atoms. The summed E-state index contributed by atoms with van der Waals surface area (Å²) in [7, 11) is 1.67. The molecule has 3 N–H and O–H groups in total. The van der Waals surface area contributed by atoms with Crippen LogP contribution in [0, 0.1) is 5.92 Å². The van der Waals surface area contributed by atoms with Gasteiger partial charge in [0.1, 0.15) is 12.4 Å². The summed E-state index contributed by atoms with van der Waals surface area (Å²) in [6.07, 6.45) is 6.00. The Labute approximate surface area is 185 Å². The summed E-state index contributed by atoms with van der Waals surface area (Å²) < 4.78 is 5.37. The number of aliphatic hydroxyl groups excluding tert-OH is 1. The van der Waals surface area contributed by atoms with Crippen LogP contribution in [0.5, 0.6) is 5.75 Å². The van der Waals surface area contributed by atoms with E-state index in [0.717, 1.165) is 55.5 Å². The van der Waals surface area contributed by atoms with Gasteiger partial charge in [-0.1, -0.05) is 41.6 Å². The summed E-state index contributed by atoms with van der Waals surface area (Å²) in [5.74, 6) is 1.70. The Bertz CT molecular complexity index is 942. The lowest BCUT2D eigenvalue weighted by Crippen LogP contribution is -2.40. The summed E-state index contributed by atoms with van der Waals surface area (Å²) in [4.78, 5) is 5.66. The fourth-order valence-electron chi connectivity index (χ4n) is 5.07. The van der Waals surface area contributed by atoms with Crippen molar-refractivity contribution in [1.82, 2.24) is 0 Å². The van der Waals surface area contributed by atoms with Gasteiger partial charge in [0.05, 0.1) is 19.4 Å². The lowest BCUT2D eigenvalue weighted by Gasteiger charge is -2.26. The third-order valence-corrected chi connectivity index (χ3v) is 7.10. The molecule has 0 heterocycles. The van der Waals surface area contributed by atoms with Crippen LogP contribution in [-0.2, 0) is 24.3 Å². The van der Waals surface area contributed by atoms with Crippen LogP contribution >= 0.6 is 0 Å². The average Bonchev–Trinajstić information content (AvgIpc) is 3.21. The number of rotatable bonds is 7. The van der Waals surface area contributed by atoms with Crippen molar-refractivity contribution in [2.45, 2.75) is 63.5 Å². The predicted octanol–water partition coefficient (Wildman–Crippen LogP) is 4.35. The molecule has 2 aliphatic carbocycles. The van der Waals surface area contributed by atoms with Gasteiger partial charge in [0.25, 0.3) is 0 Å². The second-order valence-corrected chi connectivity index (χ2v) is 9.25. The summed E-state index contributed by atoms with van der Waals surface area (Å²) in [6, 6.07) is 14.8. The number of oxime groups is 1. The molecule has 0 aliphatic heterocycles. The minimum absolute atomic E-state index is 0.0772. The van der Waals surface area contributed by atoms with Crippen LogP contribution in [0.25, 0.3) is 0 Å². The number of hydrogen-bond donors (Lipinski definition) is 2. The normalized spacial score (nSPS) is 25.9. The van der Waals surface area contributed by atoms with Crippen molar-refractivity contribution in [2.75, 3.05) is 13.7 Å². The highest BCUT2D eigenvalue weighted by molar-refractivity contribution is 5.84. The van der Waals surface area contributed by atoms with Gasteiger partial charge in [-0.3, -0.25) is 0 Å². The van der Waals surface area contributed by atoms with E-state index in [2.05, 4.69) is 30.3 Å². The van der Waals surface area contributed by atoms with E-state index in [1.54, 1.807) is 7.11 Å². The summed E-state index contributed by atoms with van der Waals surface area (Å²) in [5, 5.41) is 14.0. The van der Waals surface area contributed by atoms with Crippen molar-refractivity contribution < 1.29 is 14.7 Å². The summed E-state index contributed by atoms with van der Waals surface area (Å²) in [5.41, 5.74) is 12.2. The zero-order chi connectivity index (χ0) is 21.8. The second kappa shape index (κ2) is 9.41. The van der Waals surface area contributed by atoms with Crippen molar-refractivity contribution >= 4 is 5.71 Å². The first-order valence-electron chi connectivity index (χ1n) is 11.3. The van der Waals surface area contributed by atoms with Crippen molar-refractivity contribution in [3.8, 4) is 5.75 Å². The number of ether oxygens (including phenoxy) is 1. The summed E-state index contributed by atoms with van der Waals surface area (Å²) >= 11 is 0. The Morgan fingerprint density at radius 1 is 1.19 bits per heavy atom. The third kappa shape index (κ3) is 4.94. The maximum Gasteiger partial charge on any atom is 0.145 e. The van der Waals surface area contributed by atoms with Gasteiger partial charge in [-0.25, -0.2) is 0 Å². The molecule has 1 fully saturated rings. The van der Waals surface area contributed by atoms with Gasteiger partial charge in [-0.05, 0) is 74.1 Å². The largest absolute Gasteiger partial charge is 0.496 e. The quantitative estimate of drug-likeness (QED) is 0.514. The number of methoxy groups -OCH3 is 1. The van der Waals surface area contributed by atoms with Crippen LogP contribution in [0.4, 0.5) is 0 Å². The third-order valence-electron chi connectivity index (χ3n) is 7.10. The minimum atomic E-state index is -0.400. The molecule has 0 spiro atoms. The number of nitrogens with zero attached hydrogens (tertiary/aromatic N) is 1. The van der Waals surface area contributed by atoms with E-state index >= 15 is 0 Å². The molecule has 5 nitrogen and oxygen atoms in total. The maximum absolute atomic E-state index is 9.56. The molecule has 1 saturated carbocycles. The highest BCUT2D eigenvalue weighted by Crippen LogP contribution is 2.40. The Kier molecular flexibility index (Phi) is 6.63. The predicted molar refractivity (Wildman–Crippen MR) is 123 cm³/mol. The smallest absolute Gasteiger partial charge is 0.145 e. The second-order valence-electron chi connectivity index (χ2n) is 9.25. The van der Waals surface area contributed by atoms with E-state index < -0.39 is 5.54 Å². The molecule has 4 rings (SSSR count). The molecule has 166 valence electrons. The Morgan fingerprint density at radius 3 is 2.81 bits per heavy atom. The molecule has 0 amide bonds. The molecular formula is C26H34N2O3. The molecule has 0 saturated heterocycles. The molecule has 2 aliphatic rings. The lowest BCUT2D eigenvalue weighted by atomic mass is 9.80. The number of aliphatic hydroxyl groups is 1. The maximum atomic E-state index is 9.56. The number of benzene rings is 2. The SMILES string of the molecule is COc1ccccc1CO/N=C(\C)[C@@H]1CCc2cc([C@H]3CC[C@](N)(CO)C3)ccc2C1. The van der Waals surface area contributed by atoms with Gasteiger partial charge in [-0.2, -0.15) is 0 Å². The monoisotopic (exact) mass is 422 g/mol. The highest BCUT2D eigenvalue weighted by atomic mass is 16.6. The number of nitrogens with two attached hydrogens (primary N) is 1. The Morgan fingerprint density at radius 2 is 2.03 bits per heavy atom. The molecular weight excluding hydrogens is 388 g/mol. The van der Waals surface area contributed by atoms with Crippen molar-refractivity contribution in [2.24, 2.45) is 16.8 Å². The molecule has 0 unspecified atom stereocenters. The number of fused-ring (bicyclic) bond motifs is 1. The molecule has 0 aromatic heterocycles. The number of aryl methyl sites for hydroxylation is 1. The fraction of sp³-hybridized carbons (Fsp3) is 0.500. The van der Waals surface area contributed by atoms with Crippen LogP contribution in [0.15, 0.2) is 47.6 Å².